The van der Waals surface area contributed by atoms with Crippen molar-refractivity contribution in [1.82, 2.24) is 15.5 Å². The van der Waals surface area contributed by atoms with Crippen molar-refractivity contribution < 1.29 is 14.4 Å². The minimum atomic E-state index is -0.257. The van der Waals surface area contributed by atoms with Crippen LogP contribution in [0.2, 0.25) is 0 Å². The molecule has 1 atom stereocenters. The van der Waals surface area contributed by atoms with Gasteiger partial charge in [0.25, 0.3) is 5.91 Å². The Morgan fingerprint density at radius 3 is 2.39 bits per heavy atom. The van der Waals surface area contributed by atoms with Crippen molar-refractivity contribution in [2.75, 3.05) is 26.2 Å². The third-order valence-corrected chi connectivity index (χ3v) is 5.89. The van der Waals surface area contributed by atoms with Crippen molar-refractivity contribution in [2.24, 2.45) is 5.92 Å². The molecule has 1 aromatic carbocycles. The standard InChI is InChI=1S/C25H39N3O3/c1-5-6-7-8-15-26-24(31)20-10-9-16-28(18-20)22(29)17-27-23(30)19-11-13-21(14-12-19)25(2,3)4/h11-14,20H,5-10,15-18H2,1-4H3,(H,26,31)(H,27,30). The van der Waals surface area contributed by atoms with E-state index in [1.54, 1.807) is 17.0 Å². The zero-order chi connectivity index (χ0) is 22.9. The molecule has 1 aliphatic rings. The number of piperidine rings is 1. The van der Waals surface area contributed by atoms with E-state index < -0.39 is 0 Å². The lowest BCUT2D eigenvalue weighted by Gasteiger charge is -2.32. The normalized spacial score (nSPS) is 16.6. The van der Waals surface area contributed by atoms with Gasteiger partial charge in [-0.25, -0.2) is 0 Å². The lowest BCUT2D eigenvalue weighted by Crippen LogP contribution is -2.48. The number of carbonyl (C=O) groups is 3. The Balaban J connectivity index is 1.78. The van der Waals surface area contributed by atoms with Gasteiger partial charge in [0.2, 0.25) is 11.8 Å². The Morgan fingerprint density at radius 1 is 1.03 bits per heavy atom. The monoisotopic (exact) mass is 429 g/mol. The van der Waals surface area contributed by atoms with E-state index in [4.69, 9.17) is 0 Å². The third kappa shape index (κ3) is 8.00. The summed E-state index contributed by atoms with van der Waals surface area (Å²) >= 11 is 0. The lowest BCUT2D eigenvalue weighted by molar-refractivity contribution is -0.134. The van der Waals surface area contributed by atoms with Crippen molar-refractivity contribution in [2.45, 2.75) is 71.6 Å². The van der Waals surface area contributed by atoms with Gasteiger partial charge in [0, 0.05) is 25.2 Å². The molecule has 0 aromatic heterocycles. The van der Waals surface area contributed by atoms with E-state index in [1.165, 1.54) is 12.8 Å². The van der Waals surface area contributed by atoms with E-state index in [0.717, 1.165) is 31.2 Å². The van der Waals surface area contributed by atoms with Crippen LogP contribution in [0.3, 0.4) is 0 Å². The summed E-state index contributed by atoms with van der Waals surface area (Å²) in [6.07, 6.45) is 6.10. The summed E-state index contributed by atoms with van der Waals surface area (Å²) in [6, 6.07) is 7.49. The molecule has 0 saturated carbocycles. The van der Waals surface area contributed by atoms with Crippen LogP contribution in [-0.4, -0.2) is 48.8 Å². The number of nitrogens with one attached hydrogen (secondary N) is 2. The first-order valence-electron chi connectivity index (χ1n) is 11.7. The van der Waals surface area contributed by atoms with Crippen molar-refractivity contribution in [3.63, 3.8) is 0 Å². The maximum absolute atomic E-state index is 12.6. The van der Waals surface area contributed by atoms with Crippen LogP contribution in [0.4, 0.5) is 0 Å². The highest BCUT2D eigenvalue weighted by atomic mass is 16.2. The number of nitrogens with zero attached hydrogens (tertiary/aromatic N) is 1. The molecule has 1 saturated heterocycles. The second kappa shape index (κ2) is 11.9. The van der Waals surface area contributed by atoms with Crippen LogP contribution in [0.5, 0.6) is 0 Å². The topological polar surface area (TPSA) is 78.5 Å². The van der Waals surface area contributed by atoms with E-state index >= 15 is 0 Å². The molecule has 1 heterocycles. The molecule has 1 unspecified atom stereocenters. The molecular formula is C25H39N3O3. The van der Waals surface area contributed by atoms with E-state index in [9.17, 15) is 14.4 Å². The number of amides is 3. The van der Waals surface area contributed by atoms with Crippen LogP contribution < -0.4 is 10.6 Å². The SMILES string of the molecule is CCCCCCNC(=O)C1CCCN(C(=O)CNC(=O)c2ccc(C(C)(C)C)cc2)C1. The summed E-state index contributed by atoms with van der Waals surface area (Å²) in [5.74, 6) is -0.520. The van der Waals surface area contributed by atoms with Crippen molar-refractivity contribution in [3.05, 3.63) is 35.4 Å². The average molecular weight is 430 g/mol. The van der Waals surface area contributed by atoms with Gasteiger partial charge in [-0.05, 0) is 42.4 Å². The van der Waals surface area contributed by atoms with Gasteiger partial charge < -0.3 is 15.5 Å². The zero-order valence-corrected chi connectivity index (χ0v) is 19.6. The number of likely N-dealkylation sites (tertiary alicyclic amines) is 1. The van der Waals surface area contributed by atoms with Gasteiger partial charge in [-0.1, -0.05) is 59.1 Å². The first-order valence-corrected chi connectivity index (χ1v) is 11.7. The molecule has 0 radical (unpaired) electrons. The molecule has 0 aliphatic carbocycles. The molecule has 1 aromatic rings. The van der Waals surface area contributed by atoms with Crippen LogP contribution in [0, 0.1) is 5.92 Å². The van der Waals surface area contributed by atoms with Crippen LogP contribution in [0.1, 0.15) is 82.1 Å². The van der Waals surface area contributed by atoms with Crippen LogP contribution in [0.25, 0.3) is 0 Å². The largest absolute Gasteiger partial charge is 0.356 e. The van der Waals surface area contributed by atoms with Crippen LogP contribution in [0.15, 0.2) is 24.3 Å². The van der Waals surface area contributed by atoms with Crippen molar-refractivity contribution >= 4 is 17.7 Å². The number of benzene rings is 1. The highest BCUT2D eigenvalue weighted by molar-refractivity contribution is 5.96. The molecule has 1 fully saturated rings. The number of hydrogen-bond acceptors (Lipinski definition) is 3. The molecule has 2 rings (SSSR count). The maximum atomic E-state index is 12.6. The van der Waals surface area contributed by atoms with Gasteiger partial charge in [-0.3, -0.25) is 14.4 Å². The van der Waals surface area contributed by atoms with Crippen LogP contribution in [-0.2, 0) is 15.0 Å². The smallest absolute Gasteiger partial charge is 0.251 e. The Labute approximate surface area is 187 Å². The summed E-state index contributed by atoms with van der Waals surface area (Å²) in [5, 5.41) is 5.73. The number of rotatable bonds is 9. The second-order valence-electron chi connectivity index (χ2n) is 9.54. The first kappa shape index (κ1) is 24.9. The van der Waals surface area contributed by atoms with Crippen molar-refractivity contribution in [3.8, 4) is 0 Å². The first-order chi connectivity index (χ1) is 14.7. The molecular weight excluding hydrogens is 390 g/mol. The minimum Gasteiger partial charge on any atom is -0.356 e. The van der Waals surface area contributed by atoms with E-state index in [0.29, 0.717) is 25.2 Å². The maximum Gasteiger partial charge on any atom is 0.251 e. The Morgan fingerprint density at radius 2 is 1.74 bits per heavy atom. The van der Waals surface area contributed by atoms with Gasteiger partial charge in [-0.2, -0.15) is 0 Å². The highest BCUT2D eigenvalue weighted by Crippen LogP contribution is 2.22. The quantitative estimate of drug-likeness (QED) is 0.588. The minimum absolute atomic E-state index is 0.0254. The molecule has 3 amide bonds. The third-order valence-electron chi connectivity index (χ3n) is 5.89. The molecule has 6 heteroatoms. The van der Waals surface area contributed by atoms with Gasteiger partial charge in [0.1, 0.15) is 0 Å². The fourth-order valence-corrected chi connectivity index (χ4v) is 3.82. The summed E-state index contributed by atoms with van der Waals surface area (Å²) in [6.45, 7) is 10.2. The highest BCUT2D eigenvalue weighted by Gasteiger charge is 2.28. The van der Waals surface area contributed by atoms with E-state index in [2.05, 4.69) is 38.3 Å². The predicted molar refractivity (Wildman–Crippen MR) is 124 cm³/mol. The molecule has 2 N–H and O–H groups in total. The second-order valence-corrected chi connectivity index (χ2v) is 9.54. The van der Waals surface area contributed by atoms with Crippen LogP contribution >= 0.6 is 0 Å². The zero-order valence-electron chi connectivity index (χ0n) is 19.6. The molecule has 0 bridgehead atoms. The van der Waals surface area contributed by atoms with Crippen molar-refractivity contribution in [1.29, 1.82) is 0 Å². The Kier molecular flexibility index (Phi) is 9.53. The van der Waals surface area contributed by atoms with Gasteiger partial charge >= 0.3 is 0 Å². The molecule has 6 nitrogen and oxygen atoms in total. The summed E-state index contributed by atoms with van der Waals surface area (Å²) in [4.78, 5) is 39.1. The van der Waals surface area contributed by atoms with E-state index in [1.807, 2.05) is 12.1 Å². The Bertz CT molecular complexity index is 737. The molecule has 31 heavy (non-hydrogen) atoms. The predicted octanol–water partition coefficient (Wildman–Crippen LogP) is 3.65. The number of carbonyl (C=O) groups excluding carboxylic acids is 3. The molecule has 1 aliphatic heterocycles. The van der Waals surface area contributed by atoms with Gasteiger partial charge in [0.15, 0.2) is 0 Å². The lowest BCUT2D eigenvalue weighted by atomic mass is 9.87. The fraction of sp³-hybridized carbons (Fsp3) is 0.640. The summed E-state index contributed by atoms with van der Waals surface area (Å²) in [5.41, 5.74) is 1.72. The Hall–Kier alpha value is -2.37. The molecule has 0 spiro atoms. The number of hydrogen-bond donors (Lipinski definition) is 2. The molecule has 172 valence electrons. The number of unbranched alkanes of at least 4 members (excludes halogenated alkanes) is 3. The average Bonchev–Trinajstić information content (AvgIpc) is 2.76. The van der Waals surface area contributed by atoms with Gasteiger partial charge in [0.05, 0.1) is 12.5 Å². The fourth-order valence-electron chi connectivity index (χ4n) is 3.82. The summed E-state index contributed by atoms with van der Waals surface area (Å²) < 4.78 is 0. The van der Waals surface area contributed by atoms with Gasteiger partial charge in [-0.15, -0.1) is 0 Å². The van der Waals surface area contributed by atoms with E-state index in [-0.39, 0.29) is 35.6 Å². The summed E-state index contributed by atoms with van der Waals surface area (Å²) in [7, 11) is 0.